The first-order chi connectivity index (χ1) is 7.34. The highest BCUT2D eigenvalue weighted by Gasteiger charge is 2.36. The Balaban J connectivity index is 2.76. The Morgan fingerprint density at radius 1 is 1.38 bits per heavy atom. The van der Waals surface area contributed by atoms with Gasteiger partial charge in [-0.15, -0.1) is 0 Å². The highest BCUT2D eigenvalue weighted by molar-refractivity contribution is 7.92. The van der Waals surface area contributed by atoms with Crippen LogP contribution in [0.25, 0.3) is 0 Å². The molecule has 0 aromatic carbocycles. The van der Waals surface area contributed by atoms with Gasteiger partial charge in [-0.05, 0) is 12.8 Å². The zero-order valence-corrected chi connectivity index (χ0v) is 9.87. The van der Waals surface area contributed by atoms with E-state index in [1.54, 1.807) is 0 Å². The Kier molecular flexibility index (Phi) is 3.90. The summed E-state index contributed by atoms with van der Waals surface area (Å²) in [6.45, 7) is -0.467. The van der Waals surface area contributed by atoms with Gasteiger partial charge in [-0.1, -0.05) is 6.42 Å². The van der Waals surface area contributed by atoms with Crippen molar-refractivity contribution in [2.75, 3.05) is 19.3 Å². The number of carboxylic acid groups (broad SMARTS) is 1. The van der Waals surface area contributed by atoms with Crippen LogP contribution in [0.5, 0.6) is 0 Å². The van der Waals surface area contributed by atoms with Crippen LogP contribution < -0.4 is 0 Å². The standard InChI is InChI=1S/C9H15NO5S/c1-10(6-8(11)12)9(13)7-4-2-3-5-16(7,14)15/h7H,2-6H2,1H3,(H,11,12). The normalized spacial score (nSPS) is 23.7. The van der Waals surface area contributed by atoms with Crippen LogP contribution in [0.2, 0.25) is 0 Å². The minimum atomic E-state index is -3.39. The largest absolute Gasteiger partial charge is 0.480 e. The van der Waals surface area contributed by atoms with E-state index < -0.39 is 33.5 Å². The molecule has 92 valence electrons. The SMILES string of the molecule is CN(CC(=O)O)C(=O)C1CCCCS1(=O)=O. The molecule has 0 aromatic rings. The summed E-state index contributed by atoms with van der Waals surface area (Å²) < 4.78 is 23.2. The van der Waals surface area contributed by atoms with Crippen LogP contribution in [0, 0.1) is 0 Å². The Labute approximate surface area is 94.2 Å². The molecule has 1 saturated heterocycles. The third-order valence-corrected chi connectivity index (χ3v) is 4.76. The highest BCUT2D eigenvalue weighted by Crippen LogP contribution is 2.20. The summed E-state index contributed by atoms with van der Waals surface area (Å²) in [7, 11) is -2.08. The van der Waals surface area contributed by atoms with Gasteiger partial charge in [0, 0.05) is 7.05 Å². The molecular weight excluding hydrogens is 234 g/mol. The molecule has 1 fully saturated rings. The molecule has 1 unspecified atom stereocenters. The van der Waals surface area contributed by atoms with Crippen molar-refractivity contribution in [1.82, 2.24) is 4.90 Å². The second-order valence-corrected chi connectivity index (χ2v) is 6.24. The molecule has 1 atom stereocenters. The van der Waals surface area contributed by atoms with Gasteiger partial charge in [0.05, 0.1) is 5.75 Å². The van der Waals surface area contributed by atoms with Crippen LogP contribution >= 0.6 is 0 Å². The number of carbonyl (C=O) groups excluding carboxylic acids is 1. The molecule has 6 nitrogen and oxygen atoms in total. The summed E-state index contributed by atoms with van der Waals surface area (Å²) in [6.07, 6.45) is 1.57. The van der Waals surface area contributed by atoms with E-state index in [4.69, 9.17) is 5.11 Å². The van der Waals surface area contributed by atoms with Gasteiger partial charge in [0.25, 0.3) is 0 Å². The molecule has 1 aliphatic heterocycles. The van der Waals surface area contributed by atoms with E-state index in [0.29, 0.717) is 19.3 Å². The average molecular weight is 249 g/mol. The van der Waals surface area contributed by atoms with Crippen molar-refractivity contribution < 1.29 is 23.1 Å². The number of carbonyl (C=O) groups is 2. The summed E-state index contributed by atoms with van der Waals surface area (Å²) >= 11 is 0. The van der Waals surface area contributed by atoms with Gasteiger partial charge in [-0.25, -0.2) is 8.42 Å². The fraction of sp³-hybridized carbons (Fsp3) is 0.778. The molecule has 1 heterocycles. The third kappa shape index (κ3) is 2.94. The van der Waals surface area contributed by atoms with E-state index in [1.165, 1.54) is 7.05 Å². The van der Waals surface area contributed by atoms with Crippen LogP contribution in [0.3, 0.4) is 0 Å². The quantitative estimate of drug-likeness (QED) is 0.727. The van der Waals surface area contributed by atoms with Crippen LogP contribution in [0.1, 0.15) is 19.3 Å². The highest BCUT2D eigenvalue weighted by atomic mass is 32.2. The fourth-order valence-electron chi connectivity index (χ4n) is 1.76. The lowest BCUT2D eigenvalue weighted by Crippen LogP contribution is -2.45. The van der Waals surface area contributed by atoms with Gasteiger partial charge in [0.1, 0.15) is 11.8 Å². The smallest absolute Gasteiger partial charge is 0.323 e. The number of sulfone groups is 1. The molecule has 0 bridgehead atoms. The van der Waals surface area contributed by atoms with Crippen molar-refractivity contribution in [2.45, 2.75) is 24.5 Å². The molecule has 1 aliphatic rings. The van der Waals surface area contributed by atoms with E-state index >= 15 is 0 Å². The average Bonchev–Trinajstić information content (AvgIpc) is 2.15. The maximum atomic E-state index is 11.7. The van der Waals surface area contributed by atoms with Gasteiger partial charge in [0.15, 0.2) is 9.84 Å². The minimum absolute atomic E-state index is 0.0182. The summed E-state index contributed by atoms with van der Waals surface area (Å²) in [6, 6.07) is 0. The fourth-order valence-corrected chi connectivity index (χ4v) is 3.66. The maximum Gasteiger partial charge on any atom is 0.323 e. The van der Waals surface area contributed by atoms with E-state index in [9.17, 15) is 18.0 Å². The maximum absolute atomic E-state index is 11.7. The van der Waals surface area contributed by atoms with Crippen molar-refractivity contribution in [3.63, 3.8) is 0 Å². The second-order valence-electron chi connectivity index (χ2n) is 3.94. The van der Waals surface area contributed by atoms with Crippen molar-refractivity contribution in [1.29, 1.82) is 0 Å². The number of hydrogen-bond acceptors (Lipinski definition) is 4. The number of carboxylic acids is 1. The van der Waals surface area contributed by atoms with Crippen LogP contribution in [-0.4, -0.2) is 54.9 Å². The lowest BCUT2D eigenvalue weighted by molar-refractivity contribution is -0.143. The van der Waals surface area contributed by atoms with E-state index in [1.807, 2.05) is 0 Å². The summed E-state index contributed by atoms with van der Waals surface area (Å²) in [5.74, 6) is -1.74. The second kappa shape index (κ2) is 4.82. The number of nitrogens with zero attached hydrogens (tertiary/aromatic N) is 1. The van der Waals surface area contributed by atoms with Gasteiger partial charge in [-0.2, -0.15) is 0 Å². The van der Waals surface area contributed by atoms with Gasteiger partial charge < -0.3 is 10.0 Å². The van der Waals surface area contributed by atoms with Crippen molar-refractivity contribution >= 4 is 21.7 Å². The predicted octanol–water partition coefficient (Wildman–Crippen LogP) is -0.503. The summed E-state index contributed by atoms with van der Waals surface area (Å²) in [5.41, 5.74) is 0. The zero-order chi connectivity index (χ0) is 12.3. The predicted molar refractivity (Wildman–Crippen MR) is 56.7 cm³/mol. The lowest BCUT2D eigenvalue weighted by Gasteiger charge is -2.25. The Morgan fingerprint density at radius 3 is 2.50 bits per heavy atom. The van der Waals surface area contributed by atoms with Gasteiger partial charge in [0.2, 0.25) is 5.91 Å². The molecule has 0 radical (unpaired) electrons. The monoisotopic (exact) mass is 249 g/mol. The molecule has 0 spiro atoms. The van der Waals surface area contributed by atoms with E-state index in [-0.39, 0.29) is 5.75 Å². The minimum Gasteiger partial charge on any atom is -0.480 e. The van der Waals surface area contributed by atoms with Crippen LogP contribution in [-0.2, 0) is 19.4 Å². The lowest BCUT2D eigenvalue weighted by atomic mass is 10.2. The number of aliphatic carboxylic acids is 1. The van der Waals surface area contributed by atoms with E-state index in [0.717, 1.165) is 4.90 Å². The number of amides is 1. The molecule has 1 amide bonds. The first-order valence-corrected chi connectivity index (χ1v) is 6.74. The molecule has 1 rings (SSSR count). The van der Waals surface area contributed by atoms with Gasteiger partial charge in [-0.3, -0.25) is 9.59 Å². The van der Waals surface area contributed by atoms with Crippen LogP contribution in [0.15, 0.2) is 0 Å². The first kappa shape index (κ1) is 13.0. The number of hydrogen-bond donors (Lipinski definition) is 1. The molecule has 7 heteroatoms. The molecule has 16 heavy (non-hydrogen) atoms. The molecule has 0 saturated carbocycles. The summed E-state index contributed by atoms with van der Waals surface area (Å²) in [5, 5.41) is 7.47. The molecular formula is C9H15NO5S. The number of likely N-dealkylation sites (N-methyl/N-ethyl adjacent to an activating group) is 1. The Hall–Kier alpha value is -1.11. The van der Waals surface area contributed by atoms with Crippen molar-refractivity contribution in [3.8, 4) is 0 Å². The van der Waals surface area contributed by atoms with Gasteiger partial charge >= 0.3 is 5.97 Å². The molecule has 0 aliphatic carbocycles. The Bertz CT molecular complexity index is 389. The first-order valence-electron chi connectivity index (χ1n) is 5.03. The Morgan fingerprint density at radius 2 is 2.00 bits per heavy atom. The van der Waals surface area contributed by atoms with Crippen LogP contribution in [0.4, 0.5) is 0 Å². The zero-order valence-electron chi connectivity index (χ0n) is 9.05. The topological polar surface area (TPSA) is 91.8 Å². The summed E-state index contributed by atoms with van der Waals surface area (Å²) in [4.78, 5) is 23.1. The van der Waals surface area contributed by atoms with Crippen molar-refractivity contribution in [2.24, 2.45) is 0 Å². The molecule has 1 N–H and O–H groups in total. The molecule has 0 aromatic heterocycles. The van der Waals surface area contributed by atoms with Crippen molar-refractivity contribution in [3.05, 3.63) is 0 Å². The van der Waals surface area contributed by atoms with E-state index in [2.05, 4.69) is 0 Å². The number of rotatable bonds is 3. The third-order valence-electron chi connectivity index (χ3n) is 2.60.